The number of pyridine rings is 1. The van der Waals surface area contributed by atoms with Crippen molar-refractivity contribution in [2.45, 2.75) is 45.1 Å². The number of aromatic nitrogens is 3. The number of hydrogen-bond donors (Lipinski definition) is 0. The Morgan fingerprint density at radius 1 is 1.21 bits per heavy atom. The highest BCUT2D eigenvalue weighted by Crippen LogP contribution is 2.39. The number of imidazole rings is 1. The second-order valence-corrected chi connectivity index (χ2v) is 7.16. The smallest absolute Gasteiger partial charge is 0.255 e. The van der Waals surface area contributed by atoms with Crippen LogP contribution in [0.25, 0.3) is 5.82 Å². The summed E-state index contributed by atoms with van der Waals surface area (Å²) >= 11 is 0. The summed E-state index contributed by atoms with van der Waals surface area (Å²) in [6.45, 7) is 3.23. The third-order valence-electron chi connectivity index (χ3n) is 5.76. The van der Waals surface area contributed by atoms with E-state index in [9.17, 15) is 4.79 Å². The Morgan fingerprint density at radius 3 is 2.83 bits per heavy atom. The molecule has 2 aliphatic rings. The average molecular weight is 324 g/mol. The van der Waals surface area contributed by atoms with Crippen molar-refractivity contribution in [1.82, 2.24) is 19.4 Å². The maximum absolute atomic E-state index is 13.0. The van der Waals surface area contributed by atoms with E-state index in [1.54, 1.807) is 18.7 Å². The molecule has 5 heteroatoms. The number of nitrogens with zero attached hydrogens (tertiary/aromatic N) is 4. The summed E-state index contributed by atoms with van der Waals surface area (Å²) < 4.78 is 1.84. The van der Waals surface area contributed by atoms with Crippen molar-refractivity contribution in [1.29, 1.82) is 0 Å². The van der Waals surface area contributed by atoms with Crippen molar-refractivity contribution in [3.63, 3.8) is 0 Å². The fraction of sp³-hybridized carbons (Fsp3) is 0.526. The normalized spacial score (nSPS) is 26.9. The van der Waals surface area contributed by atoms with E-state index in [1.807, 2.05) is 22.9 Å². The van der Waals surface area contributed by atoms with Crippen molar-refractivity contribution in [3.8, 4) is 5.82 Å². The van der Waals surface area contributed by atoms with E-state index in [1.165, 1.54) is 19.3 Å². The summed E-state index contributed by atoms with van der Waals surface area (Å²) in [6, 6.07) is 4.20. The fourth-order valence-corrected chi connectivity index (χ4v) is 4.39. The zero-order valence-corrected chi connectivity index (χ0v) is 14.1. The molecule has 3 atom stereocenters. The van der Waals surface area contributed by atoms with Gasteiger partial charge in [-0.3, -0.25) is 9.36 Å². The van der Waals surface area contributed by atoms with Gasteiger partial charge in [-0.15, -0.1) is 0 Å². The van der Waals surface area contributed by atoms with Crippen LogP contribution in [0.4, 0.5) is 0 Å². The number of amides is 1. The van der Waals surface area contributed by atoms with Gasteiger partial charge in [-0.25, -0.2) is 9.97 Å². The van der Waals surface area contributed by atoms with Gasteiger partial charge in [0.05, 0.1) is 5.56 Å². The molecule has 5 nitrogen and oxygen atoms in total. The molecule has 1 aliphatic carbocycles. The first-order valence-corrected chi connectivity index (χ1v) is 8.99. The van der Waals surface area contributed by atoms with Gasteiger partial charge in [-0.05, 0) is 43.2 Å². The van der Waals surface area contributed by atoms with Crippen molar-refractivity contribution >= 4 is 5.91 Å². The zero-order chi connectivity index (χ0) is 16.5. The van der Waals surface area contributed by atoms with E-state index in [2.05, 4.69) is 21.8 Å². The third kappa shape index (κ3) is 2.72. The van der Waals surface area contributed by atoms with E-state index in [4.69, 9.17) is 0 Å². The topological polar surface area (TPSA) is 51.0 Å². The highest BCUT2D eigenvalue weighted by atomic mass is 16.2. The number of rotatable bonds is 2. The maximum Gasteiger partial charge on any atom is 0.255 e. The second-order valence-electron chi connectivity index (χ2n) is 7.16. The first-order valence-electron chi connectivity index (χ1n) is 8.99. The molecule has 24 heavy (non-hydrogen) atoms. The zero-order valence-electron chi connectivity index (χ0n) is 14.1. The van der Waals surface area contributed by atoms with Crippen molar-refractivity contribution < 1.29 is 4.79 Å². The number of piperidine rings is 1. The molecule has 1 saturated heterocycles. The molecule has 1 saturated carbocycles. The van der Waals surface area contributed by atoms with Crippen molar-refractivity contribution in [2.75, 3.05) is 6.54 Å². The molecule has 0 N–H and O–H groups in total. The highest BCUT2D eigenvalue weighted by molar-refractivity contribution is 5.94. The summed E-state index contributed by atoms with van der Waals surface area (Å²) in [5.41, 5.74) is 0.692. The lowest BCUT2D eigenvalue weighted by Gasteiger charge is -2.47. The molecule has 0 aromatic carbocycles. The SMILES string of the molecule is C[C@@H]1CCN(C(=O)c2ccc(-n3ccnc3)nc2)[C@H]2CCCC[C@H]12. The average Bonchev–Trinajstić information content (AvgIpc) is 3.17. The lowest BCUT2D eigenvalue weighted by atomic mass is 9.72. The minimum absolute atomic E-state index is 0.142. The fourth-order valence-electron chi connectivity index (χ4n) is 4.39. The molecule has 2 aromatic rings. The molecule has 1 amide bonds. The predicted octanol–water partition coefficient (Wildman–Crippen LogP) is 3.31. The van der Waals surface area contributed by atoms with Gasteiger partial charge in [0.1, 0.15) is 12.1 Å². The van der Waals surface area contributed by atoms with Gasteiger partial charge in [-0.1, -0.05) is 19.8 Å². The van der Waals surface area contributed by atoms with E-state index in [0.29, 0.717) is 17.5 Å². The van der Waals surface area contributed by atoms with E-state index >= 15 is 0 Å². The Kier molecular flexibility index (Phi) is 4.08. The lowest BCUT2D eigenvalue weighted by Crippen LogP contribution is -2.52. The molecule has 3 heterocycles. The first-order chi connectivity index (χ1) is 11.7. The monoisotopic (exact) mass is 324 g/mol. The van der Waals surface area contributed by atoms with Crippen LogP contribution in [0.5, 0.6) is 0 Å². The van der Waals surface area contributed by atoms with Gasteiger partial charge in [0, 0.05) is 31.2 Å². The molecular weight excluding hydrogens is 300 g/mol. The van der Waals surface area contributed by atoms with Gasteiger partial charge in [0.15, 0.2) is 0 Å². The van der Waals surface area contributed by atoms with Crippen LogP contribution in [-0.4, -0.2) is 37.9 Å². The van der Waals surface area contributed by atoms with Gasteiger partial charge in [0.2, 0.25) is 0 Å². The minimum atomic E-state index is 0.142. The largest absolute Gasteiger partial charge is 0.335 e. The Hall–Kier alpha value is -2.17. The Labute approximate surface area is 142 Å². The van der Waals surface area contributed by atoms with Gasteiger partial charge in [0.25, 0.3) is 5.91 Å². The van der Waals surface area contributed by atoms with Crippen molar-refractivity contribution in [3.05, 3.63) is 42.6 Å². The molecule has 0 unspecified atom stereocenters. The Bertz CT molecular complexity index is 695. The number of carbonyl (C=O) groups is 1. The van der Waals surface area contributed by atoms with Crippen LogP contribution in [0.2, 0.25) is 0 Å². The highest BCUT2D eigenvalue weighted by Gasteiger charge is 2.39. The molecular formula is C19H24N4O. The van der Waals surface area contributed by atoms with Crippen LogP contribution in [0.3, 0.4) is 0 Å². The van der Waals surface area contributed by atoms with Crippen LogP contribution < -0.4 is 0 Å². The summed E-state index contributed by atoms with van der Waals surface area (Å²) in [4.78, 5) is 23.6. The summed E-state index contributed by atoms with van der Waals surface area (Å²) in [6.07, 6.45) is 13.1. The maximum atomic E-state index is 13.0. The molecule has 2 aromatic heterocycles. The van der Waals surface area contributed by atoms with E-state index in [0.717, 1.165) is 31.1 Å². The summed E-state index contributed by atoms with van der Waals surface area (Å²) in [5.74, 6) is 2.34. The lowest BCUT2D eigenvalue weighted by molar-refractivity contribution is 0.0217. The second kappa shape index (κ2) is 6.38. The minimum Gasteiger partial charge on any atom is -0.335 e. The quantitative estimate of drug-likeness (QED) is 0.851. The molecule has 2 fully saturated rings. The molecule has 1 aliphatic heterocycles. The standard InChI is InChI=1S/C19H24N4O/c1-14-8-10-23(17-5-3-2-4-16(14)17)19(24)15-6-7-18(21-12-15)22-11-9-20-13-22/h6-7,9,11-14,16-17H,2-5,8,10H2,1H3/t14-,16-,17+/m1/s1. The number of carbonyl (C=O) groups excluding carboxylic acids is 1. The third-order valence-corrected chi connectivity index (χ3v) is 5.76. The predicted molar refractivity (Wildman–Crippen MR) is 91.9 cm³/mol. The van der Waals surface area contributed by atoms with Gasteiger partial charge < -0.3 is 4.90 Å². The molecule has 4 rings (SSSR count). The van der Waals surface area contributed by atoms with Crippen LogP contribution >= 0.6 is 0 Å². The van der Waals surface area contributed by atoms with Gasteiger partial charge >= 0.3 is 0 Å². The van der Waals surface area contributed by atoms with Crippen LogP contribution in [0.1, 0.15) is 49.4 Å². The summed E-state index contributed by atoms with van der Waals surface area (Å²) in [5, 5.41) is 0. The van der Waals surface area contributed by atoms with Crippen LogP contribution in [-0.2, 0) is 0 Å². The molecule has 0 radical (unpaired) electrons. The van der Waals surface area contributed by atoms with Crippen LogP contribution in [0, 0.1) is 11.8 Å². The molecule has 126 valence electrons. The number of hydrogen-bond acceptors (Lipinski definition) is 3. The van der Waals surface area contributed by atoms with Crippen LogP contribution in [0.15, 0.2) is 37.1 Å². The van der Waals surface area contributed by atoms with Gasteiger partial charge in [-0.2, -0.15) is 0 Å². The Morgan fingerprint density at radius 2 is 2.08 bits per heavy atom. The van der Waals surface area contributed by atoms with Crippen molar-refractivity contribution in [2.24, 2.45) is 11.8 Å². The number of likely N-dealkylation sites (tertiary alicyclic amines) is 1. The first kappa shape index (κ1) is 15.4. The number of fused-ring (bicyclic) bond motifs is 1. The van der Waals surface area contributed by atoms with E-state index < -0.39 is 0 Å². The Balaban J connectivity index is 1.54. The molecule has 0 spiro atoms. The molecule has 0 bridgehead atoms. The van der Waals surface area contributed by atoms with E-state index in [-0.39, 0.29) is 5.91 Å². The summed E-state index contributed by atoms with van der Waals surface area (Å²) in [7, 11) is 0.